The molecule has 0 saturated heterocycles. The van der Waals surface area contributed by atoms with Gasteiger partial charge in [-0.3, -0.25) is 9.59 Å². The van der Waals surface area contributed by atoms with Crippen molar-refractivity contribution < 1.29 is 23.8 Å². The number of carbonyl (C=O) groups excluding carboxylic acids is 1. The van der Waals surface area contributed by atoms with Crippen LogP contribution in [0, 0.1) is 11.7 Å². The second kappa shape index (κ2) is 8.46. The van der Waals surface area contributed by atoms with Crippen LogP contribution in [0.5, 0.6) is 5.75 Å². The van der Waals surface area contributed by atoms with E-state index in [-0.39, 0.29) is 23.9 Å². The van der Waals surface area contributed by atoms with Crippen molar-refractivity contribution in [2.24, 2.45) is 5.92 Å². The van der Waals surface area contributed by atoms with E-state index >= 15 is 0 Å². The molecule has 2 N–H and O–H groups in total. The molecule has 1 aromatic carbocycles. The van der Waals surface area contributed by atoms with Gasteiger partial charge in [-0.2, -0.15) is 0 Å². The lowest BCUT2D eigenvalue weighted by atomic mass is 10.0. The Kier molecular flexibility index (Phi) is 6.94. The second-order valence-corrected chi connectivity index (χ2v) is 4.90. The number of aliphatic carboxylic acids is 1. The summed E-state index contributed by atoms with van der Waals surface area (Å²) in [6.07, 6.45) is 1.21. The molecular weight excluding hydrogens is 301 g/mol. The molecule has 1 atom stereocenters. The summed E-state index contributed by atoms with van der Waals surface area (Å²) in [6, 6.07) is 3.75. The highest BCUT2D eigenvalue weighted by Gasteiger charge is 2.17. The fraction of sp³-hybridized carbons (Fsp3) is 0.429. The van der Waals surface area contributed by atoms with Gasteiger partial charge < -0.3 is 15.2 Å². The van der Waals surface area contributed by atoms with E-state index in [4.69, 9.17) is 21.4 Å². The quantitative estimate of drug-likeness (QED) is 0.772. The Bertz CT molecular complexity index is 510. The average molecular weight is 318 g/mol. The number of rotatable bonds is 8. The first-order chi connectivity index (χ1) is 9.93. The Morgan fingerprint density at radius 3 is 2.76 bits per heavy atom. The maximum absolute atomic E-state index is 12.9. The number of ether oxygens (including phenoxy) is 1. The number of hydrogen-bond acceptors (Lipinski definition) is 3. The molecule has 116 valence electrons. The van der Waals surface area contributed by atoms with E-state index in [1.807, 2.05) is 6.92 Å². The summed E-state index contributed by atoms with van der Waals surface area (Å²) in [5.41, 5.74) is 0. The number of halogens is 2. The molecule has 0 heterocycles. The minimum Gasteiger partial charge on any atom is -0.484 e. The highest BCUT2D eigenvalue weighted by molar-refractivity contribution is 6.30. The third kappa shape index (κ3) is 5.99. The number of benzene rings is 1. The first-order valence-electron chi connectivity index (χ1n) is 6.51. The van der Waals surface area contributed by atoms with Crippen LogP contribution in [0.4, 0.5) is 4.39 Å². The number of carboxylic acid groups (broad SMARTS) is 1. The maximum atomic E-state index is 12.9. The zero-order valence-electron chi connectivity index (χ0n) is 11.6. The third-order valence-electron chi connectivity index (χ3n) is 2.79. The van der Waals surface area contributed by atoms with Crippen LogP contribution in [0.2, 0.25) is 5.02 Å². The molecule has 1 aromatic rings. The standard InChI is InChI=1S/C14H17ClFNO4/c1-2-3-9(14(19)20)7-17-13(18)8-21-10-4-5-12(16)11(15)6-10/h4-6,9H,2-3,7-8H2,1H3,(H,17,18)(H,19,20). The van der Waals surface area contributed by atoms with Crippen molar-refractivity contribution in [1.29, 1.82) is 0 Å². The van der Waals surface area contributed by atoms with E-state index in [0.717, 1.165) is 12.5 Å². The fourth-order valence-corrected chi connectivity index (χ4v) is 1.84. The minimum atomic E-state index is -0.941. The molecule has 0 radical (unpaired) electrons. The topological polar surface area (TPSA) is 75.6 Å². The lowest BCUT2D eigenvalue weighted by Crippen LogP contribution is -2.35. The molecular formula is C14H17ClFNO4. The largest absolute Gasteiger partial charge is 0.484 e. The van der Waals surface area contributed by atoms with Gasteiger partial charge in [0.15, 0.2) is 6.61 Å². The van der Waals surface area contributed by atoms with Gasteiger partial charge in [-0.15, -0.1) is 0 Å². The summed E-state index contributed by atoms with van der Waals surface area (Å²) in [5, 5.41) is 11.3. The van der Waals surface area contributed by atoms with Crippen molar-refractivity contribution in [3.8, 4) is 5.75 Å². The summed E-state index contributed by atoms with van der Waals surface area (Å²) >= 11 is 5.58. The molecule has 21 heavy (non-hydrogen) atoms. The lowest BCUT2D eigenvalue weighted by molar-refractivity contribution is -0.142. The zero-order chi connectivity index (χ0) is 15.8. The molecule has 1 rings (SSSR count). The second-order valence-electron chi connectivity index (χ2n) is 4.49. The third-order valence-corrected chi connectivity index (χ3v) is 3.08. The zero-order valence-corrected chi connectivity index (χ0v) is 12.3. The minimum absolute atomic E-state index is 0.0511. The Morgan fingerprint density at radius 1 is 1.48 bits per heavy atom. The Morgan fingerprint density at radius 2 is 2.19 bits per heavy atom. The summed E-state index contributed by atoms with van der Waals surface area (Å²) in [6.45, 7) is 1.63. The SMILES string of the molecule is CCCC(CNC(=O)COc1ccc(F)c(Cl)c1)C(=O)O. The number of carboxylic acids is 1. The van der Waals surface area contributed by atoms with Gasteiger partial charge in [-0.05, 0) is 18.6 Å². The number of carbonyl (C=O) groups is 2. The van der Waals surface area contributed by atoms with Crippen LogP contribution in [0.15, 0.2) is 18.2 Å². The number of amides is 1. The molecule has 0 aliphatic heterocycles. The monoisotopic (exact) mass is 317 g/mol. The average Bonchev–Trinajstić information content (AvgIpc) is 2.44. The van der Waals surface area contributed by atoms with E-state index in [9.17, 15) is 14.0 Å². The van der Waals surface area contributed by atoms with Gasteiger partial charge in [-0.1, -0.05) is 24.9 Å². The van der Waals surface area contributed by atoms with E-state index in [1.165, 1.54) is 12.1 Å². The van der Waals surface area contributed by atoms with Crippen LogP contribution in [-0.4, -0.2) is 30.1 Å². The van der Waals surface area contributed by atoms with Crippen LogP contribution in [0.1, 0.15) is 19.8 Å². The molecule has 0 saturated carbocycles. The molecule has 1 amide bonds. The van der Waals surface area contributed by atoms with Gasteiger partial charge in [-0.25, -0.2) is 4.39 Å². The van der Waals surface area contributed by atoms with Crippen LogP contribution in [0.25, 0.3) is 0 Å². The van der Waals surface area contributed by atoms with E-state index < -0.39 is 23.6 Å². The fourth-order valence-electron chi connectivity index (χ4n) is 1.66. The maximum Gasteiger partial charge on any atom is 0.308 e. The summed E-state index contributed by atoms with van der Waals surface area (Å²) in [5.74, 6) is -2.31. The van der Waals surface area contributed by atoms with E-state index in [2.05, 4.69) is 5.32 Å². The summed E-state index contributed by atoms with van der Waals surface area (Å²) in [4.78, 5) is 22.5. The normalized spacial score (nSPS) is 11.8. The Labute approximate surface area is 127 Å². The van der Waals surface area contributed by atoms with Gasteiger partial charge in [0.25, 0.3) is 5.91 Å². The molecule has 0 aromatic heterocycles. The number of nitrogens with one attached hydrogen (secondary N) is 1. The van der Waals surface area contributed by atoms with Crippen molar-refractivity contribution in [2.75, 3.05) is 13.2 Å². The highest BCUT2D eigenvalue weighted by atomic mass is 35.5. The van der Waals surface area contributed by atoms with Crippen molar-refractivity contribution >= 4 is 23.5 Å². The van der Waals surface area contributed by atoms with Crippen LogP contribution in [-0.2, 0) is 9.59 Å². The Balaban J connectivity index is 2.39. The number of hydrogen-bond donors (Lipinski definition) is 2. The molecule has 1 unspecified atom stereocenters. The summed E-state index contributed by atoms with van der Waals surface area (Å²) in [7, 11) is 0. The van der Waals surface area contributed by atoms with Crippen LogP contribution >= 0.6 is 11.6 Å². The molecule has 5 nitrogen and oxygen atoms in total. The van der Waals surface area contributed by atoms with Gasteiger partial charge in [0.2, 0.25) is 0 Å². The lowest BCUT2D eigenvalue weighted by Gasteiger charge is -2.12. The predicted molar refractivity (Wildman–Crippen MR) is 75.9 cm³/mol. The van der Waals surface area contributed by atoms with E-state index in [1.54, 1.807) is 0 Å². The molecule has 0 fully saturated rings. The van der Waals surface area contributed by atoms with Gasteiger partial charge in [0.1, 0.15) is 11.6 Å². The predicted octanol–water partition coefficient (Wildman–Crippen LogP) is 2.48. The highest BCUT2D eigenvalue weighted by Crippen LogP contribution is 2.20. The van der Waals surface area contributed by atoms with Crippen molar-refractivity contribution in [3.05, 3.63) is 29.0 Å². The smallest absolute Gasteiger partial charge is 0.308 e. The van der Waals surface area contributed by atoms with Crippen LogP contribution < -0.4 is 10.1 Å². The Hall–Kier alpha value is -1.82. The van der Waals surface area contributed by atoms with Crippen LogP contribution in [0.3, 0.4) is 0 Å². The van der Waals surface area contributed by atoms with Gasteiger partial charge in [0.05, 0.1) is 10.9 Å². The van der Waals surface area contributed by atoms with Crippen molar-refractivity contribution in [1.82, 2.24) is 5.32 Å². The molecule has 0 aliphatic rings. The molecule has 7 heteroatoms. The van der Waals surface area contributed by atoms with Crippen molar-refractivity contribution in [3.63, 3.8) is 0 Å². The van der Waals surface area contributed by atoms with Crippen molar-refractivity contribution in [2.45, 2.75) is 19.8 Å². The first-order valence-corrected chi connectivity index (χ1v) is 6.89. The molecule has 0 aliphatic carbocycles. The van der Waals surface area contributed by atoms with Gasteiger partial charge >= 0.3 is 5.97 Å². The molecule has 0 bridgehead atoms. The first kappa shape index (κ1) is 17.2. The molecule has 0 spiro atoms. The van der Waals surface area contributed by atoms with Gasteiger partial charge in [0, 0.05) is 12.6 Å². The summed E-state index contributed by atoms with van der Waals surface area (Å²) < 4.78 is 18.1. The van der Waals surface area contributed by atoms with E-state index in [0.29, 0.717) is 6.42 Å².